The molecule has 2 aromatic rings. The van der Waals surface area contributed by atoms with E-state index in [0.29, 0.717) is 10.8 Å². The first-order valence-electron chi connectivity index (χ1n) is 4.64. The number of ether oxygens (including phenoxy) is 1. The third-order valence-electron chi connectivity index (χ3n) is 2.16. The van der Waals surface area contributed by atoms with Crippen LogP contribution in [0.15, 0.2) is 34.2 Å². The van der Waals surface area contributed by atoms with Crippen molar-refractivity contribution in [2.45, 2.75) is 6.10 Å². The summed E-state index contributed by atoms with van der Waals surface area (Å²) in [4.78, 5) is 4.19. The SMILES string of the molecule is COc1ccccc1C(O)c1nc(Br)cs1. The number of benzene rings is 1. The average molecular weight is 300 g/mol. The molecule has 0 fully saturated rings. The maximum Gasteiger partial charge on any atom is 0.134 e. The Morgan fingerprint density at radius 3 is 2.81 bits per heavy atom. The van der Waals surface area contributed by atoms with Gasteiger partial charge in [-0.05, 0) is 22.0 Å². The van der Waals surface area contributed by atoms with E-state index in [2.05, 4.69) is 20.9 Å². The Bertz CT molecular complexity index is 486. The van der Waals surface area contributed by atoms with Gasteiger partial charge in [0.15, 0.2) is 0 Å². The van der Waals surface area contributed by atoms with Crippen LogP contribution < -0.4 is 4.74 Å². The molecular formula is C11H10BrNO2S. The monoisotopic (exact) mass is 299 g/mol. The van der Waals surface area contributed by atoms with Crippen molar-refractivity contribution in [3.05, 3.63) is 44.8 Å². The van der Waals surface area contributed by atoms with E-state index in [1.54, 1.807) is 7.11 Å². The van der Waals surface area contributed by atoms with E-state index in [1.807, 2.05) is 29.6 Å². The lowest BCUT2D eigenvalue weighted by molar-refractivity contribution is 0.214. The summed E-state index contributed by atoms with van der Waals surface area (Å²) in [6, 6.07) is 7.39. The number of aliphatic hydroxyl groups excluding tert-OH is 1. The molecule has 1 unspecified atom stereocenters. The number of thiazole rings is 1. The number of halogens is 1. The fraction of sp³-hybridized carbons (Fsp3) is 0.182. The van der Waals surface area contributed by atoms with Crippen molar-refractivity contribution in [1.82, 2.24) is 4.98 Å². The summed E-state index contributed by atoms with van der Waals surface area (Å²) < 4.78 is 5.94. The number of para-hydroxylation sites is 1. The average Bonchev–Trinajstić information content (AvgIpc) is 2.75. The van der Waals surface area contributed by atoms with Gasteiger partial charge >= 0.3 is 0 Å². The molecule has 16 heavy (non-hydrogen) atoms. The van der Waals surface area contributed by atoms with Crippen LogP contribution in [-0.2, 0) is 0 Å². The van der Waals surface area contributed by atoms with Crippen LogP contribution in [-0.4, -0.2) is 17.2 Å². The van der Waals surface area contributed by atoms with Crippen molar-refractivity contribution in [3.8, 4) is 5.75 Å². The molecule has 0 aliphatic carbocycles. The Morgan fingerprint density at radius 2 is 2.19 bits per heavy atom. The van der Waals surface area contributed by atoms with Crippen molar-refractivity contribution in [3.63, 3.8) is 0 Å². The standard InChI is InChI=1S/C11H10BrNO2S/c1-15-8-5-3-2-4-7(8)10(14)11-13-9(12)6-16-11/h2-6,10,14H,1H3. The van der Waals surface area contributed by atoms with Gasteiger partial charge in [0.25, 0.3) is 0 Å². The van der Waals surface area contributed by atoms with Gasteiger partial charge in [-0.2, -0.15) is 0 Å². The molecule has 0 aliphatic rings. The number of nitrogens with zero attached hydrogens (tertiary/aromatic N) is 1. The van der Waals surface area contributed by atoms with Crippen molar-refractivity contribution in [1.29, 1.82) is 0 Å². The van der Waals surface area contributed by atoms with Crippen LogP contribution in [0.2, 0.25) is 0 Å². The Hall–Kier alpha value is -0.910. The van der Waals surface area contributed by atoms with E-state index < -0.39 is 6.10 Å². The molecule has 2 rings (SSSR count). The summed E-state index contributed by atoms with van der Waals surface area (Å²) in [5.41, 5.74) is 0.729. The van der Waals surface area contributed by atoms with Crippen molar-refractivity contribution < 1.29 is 9.84 Å². The minimum absolute atomic E-state index is 0.649. The Kier molecular flexibility index (Phi) is 3.58. The van der Waals surface area contributed by atoms with Crippen LogP contribution in [0.1, 0.15) is 16.7 Å². The van der Waals surface area contributed by atoms with Gasteiger partial charge in [-0.3, -0.25) is 0 Å². The van der Waals surface area contributed by atoms with Gasteiger partial charge in [-0.1, -0.05) is 18.2 Å². The molecule has 0 saturated heterocycles. The highest BCUT2D eigenvalue weighted by atomic mass is 79.9. The summed E-state index contributed by atoms with van der Waals surface area (Å²) in [7, 11) is 1.59. The molecule has 1 atom stereocenters. The molecule has 0 aliphatic heterocycles. The molecule has 5 heteroatoms. The Balaban J connectivity index is 2.36. The second-order valence-electron chi connectivity index (χ2n) is 3.15. The molecule has 1 aromatic heterocycles. The second-order valence-corrected chi connectivity index (χ2v) is 4.86. The highest BCUT2D eigenvalue weighted by Crippen LogP contribution is 2.31. The summed E-state index contributed by atoms with van der Waals surface area (Å²) in [6.07, 6.45) is -0.743. The molecule has 0 bridgehead atoms. The first-order valence-corrected chi connectivity index (χ1v) is 6.31. The number of hydrogen-bond donors (Lipinski definition) is 1. The predicted molar refractivity (Wildman–Crippen MR) is 66.9 cm³/mol. The van der Waals surface area contributed by atoms with Crippen LogP contribution in [0, 0.1) is 0 Å². The lowest BCUT2D eigenvalue weighted by Gasteiger charge is -2.12. The van der Waals surface area contributed by atoms with E-state index in [4.69, 9.17) is 4.74 Å². The number of hydrogen-bond acceptors (Lipinski definition) is 4. The minimum Gasteiger partial charge on any atom is -0.496 e. The van der Waals surface area contributed by atoms with Gasteiger partial charge in [0.05, 0.1) is 7.11 Å². The summed E-state index contributed by atoms with van der Waals surface area (Å²) in [5, 5.41) is 12.7. The van der Waals surface area contributed by atoms with Gasteiger partial charge in [0.1, 0.15) is 21.5 Å². The molecule has 1 aromatic carbocycles. The fourth-order valence-corrected chi connectivity index (χ4v) is 2.68. The first kappa shape index (κ1) is 11.6. The summed E-state index contributed by atoms with van der Waals surface area (Å²) >= 11 is 4.67. The minimum atomic E-state index is -0.743. The maximum absolute atomic E-state index is 10.2. The highest BCUT2D eigenvalue weighted by Gasteiger charge is 2.17. The third kappa shape index (κ3) is 2.26. The van der Waals surface area contributed by atoms with E-state index in [0.717, 1.165) is 10.2 Å². The normalized spacial score (nSPS) is 12.4. The largest absolute Gasteiger partial charge is 0.496 e. The van der Waals surface area contributed by atoms with Gasteiger partial charge in [-0.25, -0.2) is 4.98 Å². The first-order chi connectivity index (χ1) is 7.72. The van der Waals surface area contributed by atoms with Gasteiger partial charge in [-0.15, -0.1) is 11.3 Å². The molecule has 1 N–H and O–H groups in total. The van der Waals surface area contributed by atoms with Crippen LogP contribution in [0.5, 0.6) is 5.75 Å². The van der Waals surface area contributed by atoms with Crippen molar-refractivity contribution in [2.75, 3.05) is 7.11 Å². The third-order valence-corrected chi connectivity index (χ3v) is 3.77. The summed E-state index contributed by atoms with van der Waals surface area (Å²) in [6.45, 7) is 0. The number of aromatic nitrogens is 1. The van der Waals surface area contributed by atoms with Gasteiger partial charge < -0.3 is 9.84 Å². The Morgan fingerprint density at radius 1 is 1.44 bits per heavy atom. The molecule has 3 nitrogen and oxygen atoms in total. The fourth-order valence-electron chi connectivity index (χ4n) is 1.42. The second kappa shape index (κ2) is 4.95. The van der Waals surface area contributed by atoms with E-state index >= 15 is 0 Å². The molecule has 0 amide bonds. The van der Waals surface area contributed by atoms with Crippen LogP contribution in [0.4, 0.5) is 0 Å². The zero-order chi connectivity index (χ0) is 11.5. The maximum atomic E-state index is 10.2. The smallest absolute Gasteiger partial charge is 0.134 e. The van der Waals surface area contributed by atoms with Gasteiger partial charge in [0, 0.05) is 10.9 Å². The quantitative estimate of drug-likeness (QED) is 0.947. The molecule has 1 heterocycles. The predicted octanol–water partition coefficient (Wildman–Crippen LogP) is 3.00. The lowest BCUT2D eigenvalue weighted by atomic mass is 10.1. The van der Waals surface area contributed by atoms with E-state index in [1.165, 1.54) is 11.3 Å². The molecule has 84 valence electrons. The molecule has 0 radical (unpaired) electrons. The lowest BCUT2D eigenvalue weighted by Crippen LogP contribution is -2.01. The Labute approximate surface area is 106 Å². The van der Waals surface area contributed by atoms with Crippen molar-refractivity contribution >= 4 is 27.3 Å². The van der Waals surface area contributed by atoms with E-state index in [9.17, 15) is 5.11 Å². The van der Waals surface area contributed by atoms with Crippen molar-refractivity contribution in [2.24, 2.45) is 0 Å². The van der Waals surface area contributed by atoms with Gasteiger partial charge in [0.2, 0.25) is 0 Å². The zero-order valence-corrected chi connectivity index (χ0v) is 11.0. The van der Waals surface area contributed by atoms with Crippen LogP contribution in [0.3, 0.4) is 0 Å². The zero-order valence-electron chi connectivity index (χ0n) is 8.55. The van der Waals surface area contributed by atoms with E-state index in [-0.39, 0.29) is 0 Å². The number of methoxy groups -OCH3 is 1. The number of aliphatic hydroxyl groups is 1. The summed E-state index contributed by atoms with van der Waals surface area (Å²) in [5.74, 6) is 0.668. The molecular weight excluding hydrogens is 290 g/mol. The topological polar surface area (TPSA) is 42.4 Å². The highest BCUT2D eigenvalue weighted by molar-refractivity contribution is 9.10. The van der Waals surface area contributed by atoms with Crippen LogP contribution in [0.25, 0.3) is 0 Å². The number of rotatable bonds is 3. The molecule has 0 spiro atoms. The van der Waals surface area contributed by atoms with Crippen LogP contribution >= 0.6 is 27.3 Å². The molecule has 0 saturated carbocycles.